The van der Waals surface area contributed by atoms with Crippen molar-refractivity contribution in [3.8, 4) is 5.75 Å². The number of halogens is 1. The minimum atomic E-state index is 0.0471. The molecule has 1 N–H and O–H groups in total. The van der Waals surface area contributed by atoms with E-state index in [0.29, 0.717) is 0 Å². The maximum atomic E-state index is 5.50. The lowest BCUT2D eigenvalue weighted by molar-refractivity contribution is 0.400. The fourth-order valence-corrected chi connectivity index (χ4v) is 2.86. The second-order valence-corrected chi connectivity index (χ2v) is 5.91. The Morgan fingerprint density at radius 2 is 2.19 bits per heavy atom. The Balaban J connectivity index is 2.49. The zero-order valence-electron chi connectivity index (χ0n) is 13.0. The van der Waals surface area contributed by atoms with E-state index in [9.17, 15) is 0 Å². The molecule has 2 rings (SSSR count). The first kappa shape index (κ1) is 16.0. The second-order valence-electron chi connectivity index (χ2n) is 5.05. The molecule has 4 nitrogen and oxygen atoms in total. The molecular weight excluding hydrogens is 330 g/mol. The lowest BCUT2D eigenvalue weighted by Crippen LogP contribution is -2.22. The highest BCUT2D eigenvalue weighted by Crippen LogP contribution is 2.31. The number of nitrogens with one attached hydrogen (secondary N) is 1. The van der Waals surface area contributed by atoms with Crippen molar-refractivity contribution >= 4 is 15.9 Å². The van der Waals surface area contributed by atoms with Gasteiger partial charge in [0.1, 0.15) is 5.69 Å². The monoisotopic (exact) mass is 351 g/mol. The maximum absolute atomic E-state index is 5.50. The van der Waals surface area contributed by atoms with Crippen LogP contribution in [0.4, 0.5) is 0 Å². The van der Waals surface area contributed by atoms with Crippen molar-refractivity contribution in [2.45, 2.75) is 32.9 Å². The van der Waals surface area contributed by atoms with Crippen LogP contribution in [0.2, 0.25) is 0 Å². The quantitative estimate of drug-likeness (QED) is 0.862. The van der Waals surface area contributed by atoms with Crippen molar-refractivity contribution in [1.29, 1.82) is 0 Å². The molecule has 1 atom stereocenters. The third-order valence-corrected chi connectivity index (χ3v) is 4.45. The maximum Gasteiger partial charge on any atom is 0.161 e. The summed E-state index contributed by atoms with van der Waals surface area (Å²) in [5, 5.41) is 7.83. The fraction of sp³-hybridized carbons (Fsp3) is 0.438. The smallest absolute Gasteiger partial charge is 0.161 e. The van der Waals surface area contributed by atoms with Gasteiger partial charge < -0.3 is 10.1 Å². The van der Waals surface area contributed by atoms with E-state index in [4.69, 9.17) is 4.74 Å². The molecule has 0 spiro atoms. The summed E-state index contributed by atoms with van der Waals surface area (Å²) in [5.74, 6) is 0.819. The van der Waals surface area contributed by atoms with Gasteiger partial charge >= 0.3 is 0 Å². The van der Waals surface area contributed by atoms with Gasteiger partial charge in [0.2, 0.25) is 0 Å². The number of hydrogen-bond donors (Lipinski definition) is 1. The third-order valence-electron chi connectivity index (χ3n) is 3.59. The van der Waals surface area contributed by atoms with Gasteiger partial charge in [-0.05, 0) is 37.6 Å². The number of ether oxygens (including phenoxy) is 1. The fourth-order valence-electron chi connectivity index (χ4n) is 2.47. The number of methoxy groups -OCH3 is 1. The summed E-state index contributed by atoms with van der Waals surface area (Å²) in [6, 6.07) is 6.46. The Labute approximate surface area is 134 Å². The van der Waals surface area contributed by atoms with Crippen molar-refractivity contribution in [2.24, 2.45) is 0 Å². The largest absolute Gasteiger partial charge is 0.493 e. The Hall–Kier alpha value is -1.33. The first-order valence-electron chi connectivity index (χ1n) is 7.15. The van der Waals surface area contributed by atoms with Gasteiger partial charge in [-0.15, -0.1) is 0 Å². The van der Waals surface area contributed by atoms with E-state index in [1.807, 2.05) is 11.7 Å². The van der Waals surface area contributed by atoms with Gasteiger partial charge in [0, 0.05) is 11.0 Å². The van der Waals surface area contributed by atoms with Gasteiger partial charge in [0.25, 0.3) is 0 Å². The summed E-state index contributed by atoms with van der Waals surface area (Å²) in [4.78, 5) is 0. The van der Waals surface area contributed by atoms with E-state index in [0.717, 1.165) is 28.9 Å². The SMILES string of the molecule is CCCn1ncc(OC)c1C(NC)c1ccc(C)c(Br)c1. The third kappa shape index (κ3) is 3.30. The number of aryl methyl sites for hydroxylation is 2. The number of aromatic nitrogens is 2. The van der Waals surface area contributed by atoms with Gasteiger partial charge in [-0.3, -0.25) is 4.68 Å². The minimum Gasteiger partial charge on any atom is -0.493 e. The van der Waals surface area contributed by atoms with Crippen LogP contribution in [-0.2, 0) is 6.54 Å². The average molecular weight is 352 g/mol. The molecule has 0 saturated carbocycles. The molecule has 5 heteroatoms. The summed E-state index contributed by atoms with van der Waals surface area (Å²) in [7, 11) is 3.65. The number of hydrogen-bond acceptors (Lipinski definition) is 3. The zero-order valence-corrected chi connectivity index (χ0v) is 14.6. The molecule has 2 aromatic rings. The molecule has 0 aliphatic carbocycles. The molecule has 0 radical (unpaired) electrons. The van der Waals surface area contributed by atoms with Crippen molar-refractivity contribution < 1.29 is 4.74 Å². The van der Waals surface area contributed by atoms with Gasteiger partial charge in [-0.25, -0.2) is 0 Å². The van der Waals surface area contributed by atoms with Gasteiger partial charge in [-0.2, -0.15) is 5.10 Å². The van der Waals surface area contributed by atoms with Crippen molar-refractivity contribution in [3.63, 3.8) is 0 Å². The summed E-state index contributed by atoms with van der Waals surface area (Å²) < 4.78 is 8.63. The molecule has 1 unspecified atom stereocenters. The Kier molecular flexibility index (Phi) is 5.42. The topological polar surface area (TPSA) is 39.1 Å². The van der Waals surface area contributed by atoms with E-state index in [1.165, 1.54) is 11.1 Å². The van der Waals surface area contributed by atoms with Crippen LogP contribution in [0.1, 0.15) is 36.2 Å². The normalized spacial score (nSPS) is 12.4. The van der Waals surface area contributed by atoms with E-state index in [1.54, 1.807) is 13.3 Å². The molecule has 21 heavy (non-hydrogen) atoms. The molecule has 0 aliphatic heterocycles. The van der Waals surface area contributed by atoms with Crippen LogP contribution in [-0.4, -0.2) is 23.9 Å². The Bertz CT molecular complexity index is 610. The standard InChI is InChI=1S/C16H22BrN3O/c1-5-8-20-16(14(21-4)10-19-20)15(18-3)12-7-6-11(2)13(17)9-12/h6-7,9-10,15,18H,5,8H2,1-4H3. The van der Waals surface area contributed by atoms with E-state index in [2.05, 4.69) is 58.4 Å². The molecule has 1 aromatic heterocycles. The average Bonchev–Trinajstić information content (AvgIpc) is 2.87. The Morgan fingerprint density at radius 1 is 1.43 bits per heavy atom. The molecule has 0 fully saturated rings. The lowest BCUT2D eigenvalue weighted by atomic mass is 10.0. The van der Waals surface area contributed by atoms with Gasteiger partial charge in [-0.1, -0.05) is 35.0 Å². The van der Waals surface area contributed by atoms with Crippen LogP contribution >= 0.6 is 15.9 Å². The molecule has 0 aliphatic rings. The van der Waals surface area contributed by atoms with Crippen LogP contribution in [0, 0.1) is 6.92 Å². The van der Waals surface area contributed by atoms with Gasteiger partial charge in [0.15, 0.2) is 5.75 Å². The molecule has 1 heterocycles. The molecule has 0 bridgehead atoms. The Morgan fingerprint density at radius 3 is 2.76 bits per heavy atom. The second kappa shape index (κ2) is 7.09. The van der Waals surface area contributed by atoms with E-state index in [-0.39, 0.29) is 6.04 Å². The van der Waals surface area contributed by atoms with Crippen molar-refractivity contribution in [2.75, 3.05) is 14.2 Å². The number of nitrogens with zero attached hydrogens (tertiary/aromatic N) is 2. The first-order chi connectivity index (χ1) is 10.1. The molecule has 114 valence electrons. The highest BCUT2D eigenvalue weighted by molar-refractivity contribution is 9.10. The van der Waals surface area contributed by atoms with Crippen molar-refractivity contribution in [3.05, 3.63) is 45.7 Å². The van der Waals surface area contributed by atoms with Crippen LogP contribution in [0.3, 0.4) is 0 Å². The zero-order chi connectivity index (χ0) is 15.4. The predicted octanol–water partition coefficient (Wildman–Crippen LogP) is 3.68. The van der Waals surface area contributed by atoms with E-state index < -0.39 is 0 Å². The minimum absolute atomic E-state index is 0.0471. The van der Waals surface area contributed by atoms with Gasteiger partial charge in [0.05, 0.1) is 19.3 Å². The summed E-state index contributed by atoms with van der Waals surface area (Å²) >= 11 is 3.61. The number of benzene rings is 1. The van der Waals surface area contributed by atoms with Crippen molar-refractivity contribution in [1.82, 2.24) is 15.1 Å². The molecule has 1 aromatic carbocycles. The molecule has 0 saturated heterocycles. The van der Waals surface area contributed by atoms with Crippen LogP contribution in [0.25, 0.3) is 0 Å². The first-order valence-corrected chi connectivity index (χ1v) is 7.94. The van der Waals surface area contributed by atoms with Crippen LogP contribution < -0.4 is 10.1 Å². The lowest BCUT2D eigenvalue weighted by Gasteiger charge is -2.20. The summed E-state index contributed by atoms with van der Waals surface area (Å²) in [5.41, 5.74) is 3.48. The number of rotatable bonds is 6. The molecular formula is C16H22BrN3O. The molecule has 0 amide bonds. The summed E-state index contributed by atoms with van der Waals surface area (Å²) in [6.07, 6.45) is 2.82. The predicted molar refractivity (Wildman–Crippen MR) is 88.9 cm³/mol. The van der Waals surface area contributed by atoms with Crippen LogP contribution in [0.5, 0.6) is 5.75 Å². The van der Waals surface area contributed by atoms with E-state index >= 15 is 0 Å². The highest BCUT2D eigenvalue weighted by Gasteiger charge is 2.22. The highest BCUT2D eigenvalue weighted by atomic mass is 79.9. The van der Waals surface area contributed by atoms with Crippen LogP contribution in [0.15, 0.2) is 28.9 Å². The summed E-state index contributed by atoms with van der Waals surface area (Å²) in [6.45, 7) is 5.11.